The molecule has 0 aliphatic heterocycles. The third-order valence-electron chi connectivity index (χ3n) is 3.76. The van der Waals surface area contributed by atoms with Crippen molar-refractivity contribution < 1.29 is 0 Å². The molecule has 0 saturated carbocycles. The first-order chi connectivity index (χ1) is 12.8. The topological polar surface area (TPSA) is 66.0 Å². The van der Waals surface area contributed by atoms with E-state index in [1.165, 1.54) is 11.3 Å². The van der Waals surface area contributed by atoms with Gasteiger partial charge in [-0.1, -0.05) is 48.5 Å². The van der Waals surface area contributed by atoms with Gasteiger partial charge < -0.3 is 4.98 Å². The normalized spacial score (nSPS) is 12.1. The number of benzene rings is 2. The summed E-state index contributed by atoms with van der Waals surface area (Å²) in [5, 5.41) is 7.26. The van der Waals surface area contributed by atoms with Crippen LogP contribution in [0.2, 0.25) is 0 Å². The van der Waals surface area contributed by atoms with E-state index in [4.69, 9.17) is 0 Å². The monoisotopic (exact) mass is 359 g/mol. The molecule has 0 aliphatic rings. The Bertz CT molecular complexity index is 1040. The molecule has 0 bridgehead atoms. The van der Waals surface area contributed by atoms with E-state index in [2.05, 4.69) is 25.5 Å². The number of nitrogens with zero attached hydrogens (tertiary/aromatic N) is 3. The van der Waals surface area contributed by atoms with Gasteiger partial charge in [0.15, 0.2) is 5.82 Å². The number of hydrogen-bond acceptors (Lipinski definition) is 5. The largest absolute Gasteiger partial charge is 0.337 e. The number of anilines is 1. The lowest BCUT2D eigenvalue weighted by molar-refractivity contribution is 1.20. The van der Waals surface area contributed by atoms with Gasteiger partial charge in [-0.3, -0.25) is 5.43 Å². The van der Waals surface area contributed by atoms with Crippen molar-refractivity contribution in [1.29, 1.82) is 0 Å². The lowest BCUT2D eigenvalue weighted by atomic mass is 10.2. The van der Waals surface area contributed by atoms with Crippen LogP contribution in [0.4, 0.5) is 5.13 Å². The second kappa shape index (κ2) is 7.33. The second-order valence-electron chi connectivity index (χ2n) is 5.75. The summed E-state index contributed by atoms with van der Waals surface area (Å²) in [5.41, 5.74) is 7.69. The highest BCUT2D eigenvalue weighted by Crippen LogP contribution is 2.16. The maximum Gasteiger partial charge on any atom is 0.203 e. The first kappa shape index (κ1) is 16.2. The highest BCUT2D eigenvalue weighted by molar-refractivity contribution is 7.13. The van der Waals surface area contributed by atoms with Gasteiger partial charge in [0.25, 0.3) is 0 Å². The molecule has 4 aromatic rings. The Hall–Kier alpha value is -3.25. The van der Waals surface area contributed by atoms with Crippen LogP contribution in [0.15, 0.2) is 71.2 Å². The van der Waals surface area contributed by atoms with Crippen molar-refractivity contribution in [3.05, 3.63) is 83.1 Å². The molecule has 0 atom stereocenters. The molecule has 5 nitrogen and oxygen atoms in total. The van der Waals surface area contributed by atoms with E-state index in [1.54, 1.807) is 0 Å². The lowest BCUT2D eigenvalue weighted by Gasteiger charge is -1.99. The molecule has 2 aromatic heterocycles. The van der Waals surface area contributed by atoms with E-state index in [9.17, 15) is 0 Å². The van der Waals surface area contributed by atoms with Gasteiger partial charge in [0.1, 0.15) is 5.71 Å². The minimum Gasteiger partial charge on any atom is -0.337 e. The number of imidazole rings is 1. The predicted octanol–water partition coefficient (Wildman–Crippen LogP) is 4.86. The first-order valence-electron chi connectivity index (χ1n) is 8.22. The van der Waals surface area contributed by atoms with Crippen LogP contribution in [0, 0.1) is 6.92 Å². The summed E-state index contributed by atoms with van der Waals surface area (Å²) < 4.78 is 0. The maximum atomic E-state index is 4.65. The SMILES string of the molecule is Cc1csc(N/N=C(/C=C/c2ccccc2)c2nc3ccccc3[nH]2)n1. The molecule has 4 rings (SSSR count). The number of H-pyrrole nitrogens is 1. The van der Waals surface area contributed by atoms with E-state index >= 15 is 0 Å². The van der Waals surface area contributed by atoms with E-state index in [1.807, 2.05) is 79.1 Å². The second-order valence-corrected chi connectivity index (χ2v) is 6.61. The number of allylic oxidation sites excluding steroid dienone is 1. The molecular weight excluding hydrogens is 342 g/mol. The highest BCUT2D eigenvalue weighted by atomic mass is 32.1. The molecule has 0 saturated heterocycles. The summed E-state index contributed by atoms with van der Waals surface area (Å²) in [5.74, 6) is 0.708. The fourth-order valence-electron chi connectivity index (χ4n) is 2.50. The fraction of sp³-hybridized carbons (Fsp3) is 0.0500. The van der Waals surface area contributed by atoms with Crippen molar-refractivity contribution in [1.82, 2.24) is 15.0 Å². The molecule has 0 aliphatic carbocycles. The van der Waals surface area contributed by atoms with Crippen molar-refractivity contribution in [2.45, 2.75) is 6.92 Å². The van der Waals surface area contributed by atoms with Crippen molar-refractivity contribution in [3.63, 3.8) is 0 Å². The highest BCUT2D eigenvalue weighted by Gasteiger charge is 2.08. The standard InChI is InChI=1S/C20H17N5S/c1-14-13-26-20(21-14)25-24-18(12-11-15-7-3-2-4-8-15)19-22-16-9-5-6-10-17(16)23-19/h2-13H,1H3,(H,21,25)(H,22,23)/b12-11+,24-18-. The van der Waals surface area contributed by atoms with Gasteiger partial charge in [-0.05, 0) is 30.7 Å². The van der Waals surface area contributed by atoms with Gasteiger partial charge in [-0.25, -0.2) is 9.97 Å². The minimum atomic E-state index is 0.706. The predicted molar refractivity (Wildman–Crippen MR) is 109 cm³/mol. The molecule has 128 valence electrons. The minimum absolute atomic E-state index is 0.706. The van der Waals surface area contributed by atoms with Crippen LogP contribution in [-0.4, -0.2) is 20.7 Å². The average Bonchev–Trinajstić information content (AvgIpc) is 3.28. The van der Waals surface area contributed by atoms with Crippen LogP contribution < -0.4 is 5.43 Å². The van der Waals surface area contributed by atoms with Gasteiger partial charge in [0.05, 0.1) is 16.7 Å². The zero-order valence-corrected chi connectivity index (χ0v) is 15.0. The molecule has 2 heterocycles. The number of para-hydroxylation sites is 2. The molecule has 0 radical (unpaired) electrons. The van der Waals surface area contributed by atoms with E-state index in [0.29, 0.717) is 11.5 Å². The molecule has 0 unspecified atom stereocenters. The van der Waals surface area contributed by atoms with Gasteiger partial charge >= 0.3 is 0 Å². The van der Waals surface area contributed by atoms with Gasteiger partial charge in [0.2, 0.25) is 5.13 Å². The summed E-state index contributed by atoms with van der Waals surface area (Å²) in [6.07, 6.45) is 3.96. The molecular formula is C20H17N5S. The van der Waals surface area contributed by atoms with Crippen LogP contribution in [0.3, 0.4) is 0 Å². The number of aryl methyl sites for hydroxylation is 1. The molecule has 2 aromatic carbocycles. The van der Waals surface area contributed by atoms with Crippen LogP contribution in [0.1, 0.15) is 17.1 Å². The third-order valence-corrected chi connectivity index (χ3v) is 4.62. The number of nitrogens with one attached hydrogen (secondary N) is 2. The summed E-state index contributed by atoms with van der Waals surface area (Å²) in [6, 6.07) is 18.0. The Balaban J connectivity index is 1.69. The van der Waals surface area contributed by atoms with Crippen LogP contribution >= 0.6 is 11.3 Å². The van der Waals surface area contributed by atoms with Crippen LogP contribution in [0.5, 0.6) is 0 Å². The Morgan fingerprint density at radius 1 is 1.08 bits per heavy atom. The fourth-order valence-corrected chi connectivity index (χ4v) is 3.13. The van der Waals surface area contributed by atoms with Crippen molar-refractivity contribution in [3.8, 4) is 0 Å². The third kappa shape index (κ3) is 3.70. The van der Waals surface area contributed by atoms with E-state index in [0.717, 1.165) is 27.4 Å². The average molecular weight is 359 g/mol. The summed E-state index contributed by atoms with van der Waals surface area (Å²) in [7, 11) is 0. The Kier molecular flexibility index (Phi) is 4.57. The quantitative estimate of drug-likeness (QED) is 0.395. The number of hydrazone groups is 1. The number of rotatable bonds is 5. The summed E-state index contributed by atoms with van der Waals surface area (Å²) in [4.78, 5) is 12.4. The number of aromatic amines is 1. The molecule has 2 N–H and O–H groups in total. The van der Waals surface area contributed by atoms with E-state index < -0.39 is 0 Å². The molecule has 26 heavy (non-hydrogen) atoms. The molecule has 0 spiro atoms. The van der Waals surface area contributed by atoms with Crippen molar-refractivity contribution >= 4 is 39.3 Å². The number of thiazole rings is 1. The summed E-state index contributed by atoms with van der Waals surface area (Å²) in [6.45, 7) is 1.96. The molecule has 6 heteroatoms. The zero-order valence-electron chi connectivity index (χ0n) is 14.2. The van der Waals surface area contributed by atoms with Crippen LogP contribution in [0.25, 0.3) is 17.1 Å². The number of aromatic nitrogens is 3. The van der Waals surface area contributed by atoms with Gasteiger partial charge in [-0.15, -0.1) is 11.3 Å². The van der Waals surface area contributed by atoms with E-state index in [-0.39, 0.29) is 0 Å². The Morgan fingerprint density at radius 2 is 1.88 bits per heavy atom. The number of hydrogen-bond donors (Lipinski definition) is 2. The maximum absolute atomic E-state index is 4.65. The van der Waals surface area contributed by atoms with Gasteiger partial charge in [0, 0.05) is 5.38 Å². The molecule has 0 amide bonds. The Labute approximate surface area is 155 Å². The lowest BCUT2D eigenvalue weighted by Crippen LogP contribution is -2.03. The smallest absolute Gasteiger partial charge is 0.203 e. The summed E-state index contributed by atoms with van der Waals surface area (Å²) >= 11 is 1.52. The first-order valence-corrected chi connectivity index (χ1v) is 9.10. The zero-order chi connectivity index (χ0) is 17.8. The number of fused-ring (bicyclic) bond motifs is 1. The van der Waals surface area contributed by atoms with Crippen molar-refractivity contribution in [2.24, 2.45) is 5.10 Å². The van der Waals surface area contributed by atoms with Gasteiger partial charge in [-0.2, -0.15) is 5.10 Å². The van der Waals surface area contributed by atoms with Crippen molar-refractivity contribution in [2.75, 3.05) is 5.43 Å². The Morgan fingerprint density at radius 3 is 2.65 bits per heavy atom. The van der Waals surface area contributed by atoms with Crippen LogP contribution in [-0.2, 0) is 0 Å². The molecule has 0 fully saturated rings.